The molecule has 1 fully saturated rings. The summed E-state index contributed by atoms with van der Waals surface area (Å²) in [7, 11) is 0. The van der Waals surface area contributed by atoms with E-state index in [1.807, 2.05) is 13.8 Å². The van der Waals surface area contributed by atoms with Crippen LogP contribution in [0.3, 0.4) is 0 Å². The lowest BCUT2D eigenvalue weighted by Crippen LogP contribution is -2.54. The number of alkyl halides is 6. The molecule has 1 aromatic carbocycles. The molecule has 0 aromatic heterocycles. The van der Waals surface area contributed by atoms with Gasteiger partial charge in [-0.05, 0) is 44.1 Å². The first-order valence-corrected chi connectivity index (χ1v) is 9.56. The average Bonchev–Trinajstić information content (AvgIpc) is 2.62. The molecule has 0 bridgehead atoms. The summed E-state index contributed by atoms with van der Waals surface area (Å²) < 4.78 is 77.8. The Balaban J connectivity index is 2.19. The topological polar surface area (TPSA) is 44.4 Å². The minimum atomic E-state index is -4.97. The minimum absolute atomic E-state index is 0.0284. The van der Waals surface area contributed by atoms with Gasteiger partial charge >= 0.3 is 18.4 Å². The fourth-order valence-electron chi connectivity index (χ4n) is 3.77. The summed E-state index contributed by atoms with van der Waals surface area (Å²) in [4.78, 5) is 14.5. The number of amides is 2. The number of urea groups is 1. The summed E-state index contributed by atoms with van der Waals surface area (Å²) in [6.45, 7) is 5.56. The van der Waals surface area contributed by atoms with Crippen molar-refractivity contribution in [1.29, 1.82) is 0 Å². The Labute approximate surface area is 165 Å². The molecule has 2 atom stereocenters. The predicted molar refractivity (Wildman–Crippen MR) is 97.6 cm³/mol. The van der Waals surface area contributed by atoms with Gasteiger partial charge in [0.25, 0.3) is 0 Å². The monoisotopic (exact) mass is 425 g/mol. The molecule has 0 unspecified atom stereocenters. The van der Waals surface area contributed by atoms with Gasteiger partial charge in [-0.15, -0.1) is 0 Å². The van der Waals surface area contributed by atoms with Crippen molar-refractivity contribution in [2.45, 2.75) is 64.0 Å². The van der Waals surface area contributed by atoms with E-state index in [0.29, 0.717) is 18.6 Å². The molecule has 0 spiro atoms. The van der Waals surface area contributed by atoms with Gasteiger partial charge in [0.1, 0.15) is 0 Å². The molecule has 4 nitrogen and oxygen atoms in total. The Hall–Kier alpha value is -1.97. The van der Waals surface area contributed by atoms with Crippen molar-refractivity contribution >= 4 is 11.7 Å². The first-order valence-electron chi connectivity index (χ1n) is 9.56. The maximum Gasteiger partial charge on any atom is 0.416 e. The zero-order valence-corrected chi connectivity index (χ0v) is 16.3. The Bertz CT molecular complexity index is 668. The molecule has 1 saturated carbocycles. The lowest BCUT2D eigenvalue weighted by atomic mass is 9.89. The van der Waals surface area contributed by atoms with Crippen molar-refractivity contribution in [1.82, 2.24) is 10.2 Å². The Kier molecular flexibility index (Phi) is 7.42. The minimum Gasteiger partial charge on any atom is -0.334 e. The van der Waals surface area contributed by atoms with Crippen LogP contribution in [0.1, 0.15) is 50.7 Å². The summed E-state index contributed by atoms with van der Waals surface area (Å²) in [6.07, 6.45) is -6.47. The molecule has 0 radical (unpaired) electrons. The number of hydrogen-bond donors (Lipinski definition) is 2. The zero-order valence-electron chi connectivity index (χ0n) is 16.3. The van der Waals surface area contributed by atoms with Gasteiger partial charge in [0.2, 0.25) is 0 Å². The number of halogens is 6. The van der Waals surface area contributed by atoms with Crippen molar-refractivity contribution in [3.63, 3.8) is 0 Å². The Morgan fingerprint density at radius 2 is 1.48 bits per heavy atom. The fraction of sp³-hybridized carbons (Fsp3) is 0.632. The highest BCUT2D eigenvalue weighted by Crippen LogP contribution is 2.37. The van der Waals surface area contributed by atoms with Gasteiger partial charge in [-0.3, -0.25) is 4.90 Å². The van der Waals surface area contributed by atoms with E-state index in [1.165, 1.54) is 0 Å². The third-order valence-electron chi connectivity index (χ3n) is 5.17. The largest absolute Gasteiger partial charge is 0.416 e. The lowest BCUT2D eigenvalue weighted by Gasteiger charge is -2.39. The van der Waals surface area contributed by atoms with Crippen LogP contribution >= 0.6 is 0 Å². The van der Waals surface area contributed by atoms with Gasteiger partial charge in [-0.2, -0.15) is 26.3 Å². The van der Waals surface area contributed by atoms with Crippen LogP contribution in [0.2, 0.25) is 0 Å². The van der Waals surface area contributed by atoms with Crippen LogP contribution in [0.15, 0.2) is 18.2 Å². The van der Waals surface area contributed by atoms with Crippen LogP contribution in [0.5, 0.6) is 0 Å². The van der Waals surface area contributed by atoms with Gasteiger partial charge < -0.3 is 10.6 Å². The van der Waals surface area contributed by atoms with Gasteiger partial charge in [0.05, 0.1) is 11.1 Å². The fourth-order valence-corrected chi connectivity index (χ4v) is 3.77. The van der Waals surface area contributed by atoms with Crippen LogP contribution in [0.4, 0.5) is 36.8 Å². The maximum absolute atomic E-state index is 13.0. The molecule has 0 saturated heterocycles. The summed E-state index contributed by atoms with van der Waals surface area (Å²) in [5.41, 5.74) is -3.50. The van der Waals surface area contributed by atoms with Crippen LogP contribution in [0.25, 0.3) is 0 Å². The summed E-state index contributed by atoms with van der Waals surface area (Å²) in [5, 5.41) is 4.87. The number of hydrogen-bond acceptors (Lipinski definition) is 2. The normalized spacial score (nSPS) is 20.6. The summed E-state index contributed by atoms with van der Waals surface area (Å²) >= 11 is 0. The van der Waals surface area contributed by atoms with E-state index >= 15 is 0 Å². The average molecular weight is 425 g/mol. The highest BCUT2D eigenvalue weighted by atomic mass is 19.4. The van der Waals surface area contributed by atoms with E-state index in [4.69, 9.17) is 0 Å². The molecule has 0 heterocycles. The van der Waals surface area contributed by atoms with E-state index in [1.54, 1.807) is 0 Å². The number of nitrogens with one attached hydrogen (secondary N) is 2. The van der Waals surface area contributed by atoms with Gasteiger partial charge in [-0.25, -0.2) is 4.79 Å². The third kappa shape index (κ3) is 6.25. The second kappa shape index (κ2) is 9.23. The van der Waals surface area contributed by atoms with Crippen LogP contribution in [-0.4, -0.2) is 36.1 Å². The number of carbonyl (C=O) groups is 1. The first kappa shape index (κ1) is 23.3. The molecular formula is C19H25F6N3O. The highest BCUT2D eigenvalue weighted by Gasteiger charge is 2.37. The number of rotatable bonds is 5. The van der Waals surface area contributed by atoms with Gasteiger partial charge in [-0.1, -0.05) is 26.7 Å². The third-order valence-corrected chi connectivity index (χ3v) is 5.17. The molecule has 1 aromatic rings. The molecule has 164 valence electrons. The van der Waals surface area contributed by atoms with E-state index in [-0.39, 0.29) is 18.2 Å². The molecule has 29 heavy (non-hydrogen) atoms. The number of likely N-dealkylation sites (N-methyl/N-ethyl adjacent to an activating group) is 1. The van der Waals surface area contributed by atoms with E-state index in [2.05, 4.69) is 15.5 Å². The van der Waals surface area contributed by atoms with Crippen LogP contribution in [0, 0.1) is 0 Å². The highest BCUT2D eigenvalue weighted by molar-refractivity contribution is 5.89. The Morgan fingerprint density at radius 3 is 1.97 bits per heavy atom. The van der Waals surface area contributed by atoms with Gasteiger partial charge in [0, 0.05) is 17.8 Å². The van der Waals surface area contributed by atoms with Crippen molar-refractivity contribution in [3.8, 4) is 0 Å². The van der Waals surface area contributed by atoms with E-state index in [0.717, 1.165) is 32.4 Å². The van der Waals surface area contributed by atoms with Crippen molar-refractivity contribution < 1.29 is 31.1 Å². The predicted octanol–water partition coefficient (Wildman–Crippen LogP) is 5.50. The standard InChI is InChI=1S/C19H25F6N3O/c1-3-28(4-2)16-8-6-5-7-15(16)27-17(29)26-14-10-12(18(20,21)22)9-13(11-14)19(23,24)25/h9-11,15-16H,3-8H2,1-2H3,(H2,26,27,29)/t15-,16-/m1/s1. The summed E-state index contributed by atoms with van der Waals surface area (Å²) in [6, 6.07) is 0.0604. The number of benzene rings is 1. The molecule has 1 aliphatic rings. The zero-order chi connectivity index (χ0) is 21.8. The molecule has 0 aliphatic heterocycles. The van der Waals surface area contributed by atoms with E-state index in [9.17, 15) is 31.1 Å². The van der Waals surface area contributed by atoms with Crippen molar-refractivity contribution in [2.24, 2.45) is 0 Å². The number of carbonyl (C=O) groups excluding carboxylic acids is 1. The van der Waals surface area contributed by atoms with Crippen molar-refractivity contribution in [3.05, 3.63) is 29.3 Å². The molecular weight excluding hydrogens is 400 g/mol. The maximum atomic E-state index is 13.0. The number of anilines is 1. The second-order valence-electron chi connectivity index (χ2n) is 7.07. The molecule has 1 aliphatic carbocycles. The second-order valence-corrected chi connectivity index (χ2v) is 7.07. The van der Waals surface area contributed by atoms with Gasteiger partial charge in [0.15, 0.2) is 0 Å². The molecule has 2 rings (SSSR count). The van der Waals surface area contributed by atoms with Crippen LogP contribution < -0.4 is 10.6 Å². The molecule has 10 heteroatoms. The quantitative estimate of drug-likeness (QED) is 0.612. The lowest BCUT2D eigenvalue weighted by molar-refractivity contribution is -0.143. The molecule has 2 amide bonds. The Morgan fingerprint density at radius 1 is 0.966 bits per heavy atom. The molecule has 2 N–H and O–H groups in total. The smallest absolute Gasteiger partial charge is 0.334 e. The SMILES string of the molecule is CCN(CC)[C@@H]1CCCC[C@H]1NC(=O)Nc1cc(C(F)(F)F)cc(C(F)(F)F)c1. The summed E-state index contributed by atoms with van der Waals surface area (Å²) in [5.74, 6) is 0. The first-order chi connectivity index (χ1) is 13.5. The van der Waals surface area contributed by atoms with E-state index < -0.39 is 35.2 Å². The number of nitrogens with zero attached hydrogens (tertiary/aromatic N) is 1. The van der Waals surface area contributed by atoms with Crippen molar-refractivity contribution in [2.75, 3.05) is 18.4 Å². The van der Waals surface area contributed by atoms with Crippen LogP contribution in [-0.2, 0) is 12.4 Å².